The maximum atomic E-state index is 12.3. The Kier molecular flexibility index (Phi) is 6.92. The summed E-state index contributed by atoms with van der Waals surface area (Å²) in [6.45, 7) is 5.08. The molecule has 8 nitrogen and oxygen atoms in total. The van der Waals surface area contributed by atoms with Crippen molar-refractivity contribution in [2.45, 2.75) is 39.3 Å². The van der Waals surface area contributed by atoms with Gasteiger partial charge in [-0.25, -0.2) is 4.79 Å². The molecule has 1 aliphatic heterocycles. The van der Waals surface area contributed by atoms with E-state index in [2.05, 4.69) is 10.6 Å². The smallest absolute Gasteiger partial charge is 0.321 e. The number of hydrogen-bond acceptors (Lipinski definition) is 5. The highest BCUT2D eigenvalue weighted by atomic mass is 16.5. The van der Waals surface area contributed by atoms with Gasteiger partial charge in [-0.15, -0.1) is 0 Å². The average molecular weight is 375 g/mol. The molecule has 1 fully saturated rings. The number of carbonyl (C=O) groups excluding carboxylic acids is 4. The molecule has 0 saturated carbocycles. The van der Waals surface area contributed by atoms with Crippen LogP contribution in [-0.2, 0) is 19.1 Å². The zero-order valence-corrected chi connectivity index (χ0v) is 15.7. The summed E-state index contributed by atoms with van der Waals surface area (Å²) >= 11 is 0. The van der Waals surface area contributed by atoms with E-state index in [1.165, 1.54) is 0 Å². The lowest BCUT2D eigenvalue weighted by molar-refractivity contribution is -0.152. The highest BCUT2D eigenvalue weighted by molar-refractivity contribution is 5.96. The number of likely N-dealkylation sites (tertiary alicyclic amines) is 1. The number of hydrogen-bond donors (Lipinski definition) is 2. The Morgan fingerprint density at radius 1 is 1.19 bits per heavy atom. The molecule has 2 atom stereocenters. The number of benzene rings is 1. The van der Waals surface area contributed by atoms with Gasteiger partial charge in [0.2, 0.25) is 5.91 Å². The van der Waals surface area contributed by atoms with Gasteiger partial charge in [0, 0.05) is 19.0 Å². The van der Waals surface area contributed by atoms with Crippen molar-refractivity contribution in [2.24, 2.45) is 5.92 Å². The second-order valence-corrected chi connectivity index (χ2v) is 6.82. The molecule has 1 aliphatic rings. The molecular formula is C19H25N3O5. The van der Waals surface area contributed by atoms with E-state index in [-0.39, 0.29) is 31.0 Å². The summed E-state index contributed by atoms with van der Waals surface area (Å²) < 4.78 is 4.97. The molecule has 27 heavy (non-hydrogen) atoms. The molecule has 8 heteroatoms. The number of esters is 1. The van der Waals surface area contributed by atoms with Gasteiger partial charge in [0.15, 0.2) is 6.61 Å². The lowest BCUT2D eigenvalue weighted by Gasteiger charge is -2.25. The molecule has 4 amide bonds. The third kappa shape index (κ3) is 5.80. The standard InChI is InChI=1S/C19H25N3O5/c1-12(2)20-19(26)21-16(23)11-27-18(25)15-9-17(24)22(10-15)13(3)14-7-5-4-6-8-14/h4-8,12-13,15H,9-11H2,1-3H3,(H2,20,21,23,26)/t13-,15-/m1/s1. The first-order valence-corrected chi connectivity index (χ1v) is 8.89. The molecule has 2 rings (SSSR count). The number of carbonyl (C=O) groups is 4. The molecular weight excluding hydrogens is 350 g/mol. The normalized spacial score (nSPS) is 17.6. The highest BCUT2D eigenvalue weighted by Crippen LogP contribution is 2.28. The maximum Gasteiger partial charge on any atom is 0.321 e. The van der Waals surface area contributed by atoms with Crippen molar-refractivity contribution in [3.8, 4) is 0 Å². The molecule has 1 heterocycles. The maximum absolute atomic E-state index is 12.3. The quantitative estimate of drug-likeness (QED) is 0.731. The van der Waals surface area contributed by atoms with Crippen LogP contribution in [0.1, 0.15) is 38.8 Å². The first-order chi connectivity index (χ1) is 12.8. The van der Waals surface area contributed by atoms with Gasteiger partial charge in [-0.3, -0.25) is 19.7 Å². The molecule has 0 aromatic heterocycles. The van der Waals surface area contributed by atoms with E-state index >= 15 is 0 Å². The minimum Gasteiger partial charge on any atom is -0.455 e. The van der Waals surface area contributed by atoms with Crippen molar-refractivity contribution in [1.29, 1.82) is 0 Å². The Morgan fingerprint density at radius 3 is 2.48 bits per heavy atom. The van der Waals surface area contributed by atoms with Crippen LogP contribution in [0.3, 0.4) is 0 Å². The fraction of sp³-hybridized carbons (Fsp3) is 0.474. The number of imide groups is 1. The molecule has 2 N–H and O–H groups in total. The number of amides is 4. The average Bonchev–Trinajstić information content (AvgIpc) is 3.00. The summed E-state index contributed by atoms with van der Waals surface area (Å²) in [7, 11) is 0. The minimum atomic E-state index is -0.722. The second-order valence-electron chi connectivity index (χ2n) is 6.82. The van der Waals surface area contributed by atoms with E-state index in [9.17, 15) is 19.2 Å². The Hall–Kier alpha value is -2.90. The summed E-state index contributed by atoms with van der Waals surface area (Å²) in [4.78, 5) is 49.2. The van der Waals surface area contributed by atoms with Gasteiger partial charge >= 0.3 is 12.0 Å². The summed E-state index contributed by atoms with van der Waals surface area (Å²) in [6, 6.07) is 8.62. The topological polar surface area (TPSA) is 105 Å². The van der Waals surface area contributed by atoms with Gasteiger partial charge in [-0.05, 0) is 26.3 Å². The first-order valence-electron chi connectivity index (χ1n) is 8.89. The van der Waals surface area contributed by atoms with Crippen LogP contribution >= 0.6 is 0 Å². The Balaban J connectivity index is 1.83. The molecule has 0 radical (unpaired) electrons. The molecule has 0 aliphatic carbocycles. The molecule has 1 saturated heterocycles. The molecule has 1 aromatic carbocycles. The van der Waals surface area contributed by atoms with Crippen LogP contribution in [0.4, 0.5) is 4.79 Å². The highest BCUT2D eigenvalue weighted by Gasteiger charge is 2.38. The van der Waals surface area contributed by atoms with Crippen LogP contribution in [0.15, 0.2) is 30.3 Å². The lowest BCUT2D eigenvalue weighted by atomic mass is 10.1. The fourth-order valence-electron chi connectivity index (χ4n) is 2.89. The van der Waals surface area contributed by atoms with Crippen molar-refractivity contribution in [3.63, 3.8) is 0 Å². The first kappa shape index (κ1) is 20.4. The second kappa shape index (κ2) is 9.16. The zero-order chi connectivity index (χ0) is 20.0. The Labute approximate surface area is 158 Å². The third-order valence-electron chi connectivity index (χ3n) is 4.26. The Morgan fingerprint density at radius 2 is 1.85 bits per heavy atom. The zero-order valence-electron chi connectivity index (χ0n) is 15.7. The van der Waals surface area contributed by atoms with Crippen LogP contribution in [0.5, 0.6) is 0 Å². The molecule has 0 bridgehead atoms. The fourth-order valence-corrected chi connectivity index (χ4v) is 2.89. The number of urea groups is 1. The van der Waals surface area contributed by atoms with Crippen LogP contribution in [0.25, 0.3) is 0 Å². The predicted octanol–water partition coefficient (Wildman–Crippen LogP) is 1.37. The minimum absolute atomic E-state index is 0.0471. The van der Waals surface area contributed by atoms with Gasteiger partial charge < -0.3 is 15.0 Å². The van der Waals surface area contributed by atoms with Crippen molar-refractivity contribution >= 4 is 23.8 Å². The SMILES string of the molecule is CC(C)NC(=O)NC(=O)COC(=O)[C@@H]1CC(=O)N([C@H](C)c2ccccc2)C1. The van der Waals surface area contributed by atoms with Crippen molar-refractivity contribution in [1.82, 2.24) is 15.5 Å². The van der Waals surface area contributed by atoms with Crippen molar-refractivity contribution in [2.75, 3.05) is 13.2 Å². The largest absolute Gasteiger partial charge is 0.455 e. The van der Waals surface area contributed by atoms with E-state index in [4.69, 9.17) is 4.74 Å². The van der Waals surface area contributed by atoms with Gasteiger partial charge in [0.05, 0.1) is 12.0 Å². The van der Waals surface area contributed by atoms with Crippen LogP contribution in [0, 0.1) is 5.92 Å². The number of nitrogens with one attached hydrogen (secondary N) is 2. The van der Waals surface area contributed by atoms with E-state index in [0.29, 0.717) is 0 Å². The van der Waals surface area contributed by atoms with E-state index < -0.39 is 30.4 Å². The summed E-state index contributed by atoms with van der Waals surface area (Å²) in [6.07, 6.45) is 0.0471. The van der Waals surface area contributed by atoms with Gasteiger partial charge in [0.1, 0.15) is 0 Å². The summed E-state index contributed by atoms with van der Waals surface area (Å²) in [5.41, 5.74) is 0.982. The molecule has 1 aromatic rings. The van der Waals surface area contributed by atoms with Crippen molar-refractivity contribution in [3.05, 3.63) is 35.9 Å². The van der Waals surface area contributed by atoms with Gasteiger partial charge in [-0.1, -0.05) is 30.3 Å². The molecule has 0 unspecified atom stereocenters. The number of nitrogens with zero attached hydrogens (tertiary/aromatic N) is 1. The summed E-state index contributed by atoms with van der Waals surface area (Å²) in [5, 5.41) is 4.56. The van der Waals surface area contributed by atoms with Crippen molar-refractivity contribution < 1.29 is 23.9 Å². The van der Waals surface area contributed by atoms with E-state index in [1.807, 2.05) is 37.3 Å². The van der Waals surface area contributed by atoms with Gasteiger partial charge in [-0.2, -0.15) is 0 Å². The third-order valence-corrected chi connectivity index (χ3v) is 4.26. The number of ether oxygens (including phenoxy) is 1. The summed E-state index contributed by atoms with van der Waals surface area (Å²) in [5.74, 6) is -2.10. The predicted molar refractivity (Wildman–Crippen MR) is 97.4 cm³/mol. The van der Waals surface area contributed by atoms with E-state index in [1.54, 1.807) is 18.7 Å². The number of rotatable bonds is 6. The lowest BCUT2D eigenvalue weighted by Crippen LogP contribution is -2.44. The van der Waals surface area contributed by atoms with E-state index in [0.717, 1.165) is 5.56 Å². The van der Waals surface area contributed by atoms with Gasteiger partial charge in [0.25, 0.3) is 5.91 Å². The molecule has 0 spiro atoms. The monoisotopic (exact) mass is 375 g/mol. The van der Waals surface area contributed by atoms with Crippen LogP contribution < -0.4 is 10.6 Å². The Bertz CT molecular complexity index is 705. The molecule has 146 valence electrons. The van der Waals surface area contributed by atoms with Crippen LogP contribution in [-0.4, -0.2) is 47.9 Å². The van der Waals surface area contributed by atoms with Crippen LogP contribution in [0.2, 0.25) is 0 Å².